The molecule has 0 aliphatic heterocycles. The molecule has 0 saturated carbocycles. The van der Waals surface area contributed by atoms with Crippen LogP contribution in [0.2, 0.25) is 0 Å². The molecule has 0 atom stereocenters. The van der Waals surface area contributed by atoms with E-state index in [9.17, 15) is 0 Å². The molecule has 0 heterocycles. The first kappa shape index (κ1) is 48.9. The van der Waals surface area contributed by atoms with Crippen LogP contribution in [0.4, 0.5) is 42.9 Å². The van der Waals surface area contributed by atoms with E-state index < -0.39 is 0 Å². The van der Waals surface area contributed by atoms with Gasteiger partial charge in [-0.25, -0.2) is 8.78 Å². The fourth-order valence-corrected chi connectivity index (χ4v) is 13.1. The lowest BCUT2D eigenvalue weighted by Gasteiger charge is -2.30. The highest BCUT2D eigenvalue weighted by atomic mass is 19.1. The minimum atomic E-state index is -0.355. The molecule has 0 aromatic heterocycles. The number of halogens is 2. The fraction of sp³-hybridized carbons (Fsp3) is 0. The molecule has 84 heavy (non-hydrogen) atoms. The number of benzene rings is 16. The molecule has 0 radical (unpaired) electrons. The average molecular weight is 1080 g/mol. The van der Waals surface area contributed by atoms with E-state index in [1.54, 1.807) is 12.1 Å². The molecule has 16 rings (SSSR count). The van der Waals surface area contributed by atoms with E-state index >= 15 is 8.78 Å². The summed E-state index contributed by atoms with van der Waals surface area (Å²) in [6.45, 7) is 0. The number of nitrogens with zero attached hydrogens (tertiary/aromatic N) is 2. The molecular formula is C80H50F2N2. The van der Waals surface area contributed by atoms with E-state index in [4.69, 9.17) is 0 Å². The SMILES string of the molecule is Fc1cc(-c2ccccc2)cc(-c2ccccc2)c1N(c1cccc(-c2cccc(N(c3cc4ccc5cccc6ccc(c3)c4c56)c3c(F)cc(-c4ccccc4)cc3-c3ccccc3)c2)c1)c1cc2ccc3cccc4ccc(c1)c2c34. The van der Waals surface area contributed by atoms with Crippen molar-refractivity contribution in [2.75, 3.05) is 9.80 Å². The van der Waals surface area contributed by atoms with Crippen molar-refractivity contribution in [3.05, 3.63) is 315 Å². The lowest BCUT2D eigenvalue weighted by Crippen LogP contribution is -2.14. The summed E-state index contributed by atoms with van der Waals surface area (Å²) < 4.78 is 36.3. The van der Waals surface area contributed by atoms with Gasteiger partial charge in [-0.2, -0.15) is 0 Å². The van der Waals surface area contributed by atoms with Crippen LogP contribution >= 0.6 is 0 Å². The predicted molar refractivity (Wildman–Crippen MR) is 350 cm³/mol. The van der Waals surface area contributed by atoms with Crippen LogP contribution in [-0.4, -0.2) is 0 Å². The minimum Gasteiger partial charge on any atom is -0.307 e. The lowest BCUT2D eigenvalue weighted by molar-refractivity contribution is 0.629. The summed E-state index contributed by atoms with van der Waals surface area (Å²) in [5.74, 6) is -0.710. The Labute approximate surface area is 485 Å². The molecule has 0 bridgehead atoms. The van der Waals surface area contributed by atoms with Crippen molar-refractivity contribution >= 4 is 98.8 Å². The van der Waals surface area contributed by atoms with Crippen molar-refractivity contribution in [2.24, 2.45) is 0 Å². The van der Waals surface area contributed by atoms with E-state index in [1.807, 2.05) is 97.1 Å². The molecule has 0 spiro atoms. The first-order valence-electron chi connectivity index (χ1n) is 28.5. The highest BCUT2D eigenvalue weighted by Gasteiger charge is 2.27. The van der Waals surface area contributed by atoms with Crippen LogP contribution in [0.15, 0.2) is 303 Å². The second-order valence-corrected chi connectivity index (χ2v) is 21.9. The van der Waals surface area contributed by atoms with E-state index in [1.165, 1.54) is 43.1 Å². The van der Waals surface area contributed by atoms with Gasteiger partial charge in [0.15, 0.2) is 0 Å². The van der Waals surface area contributed by atoms with Crippen LogP contribution in [0.25, 0.3) is 120 Å². The number of hydrogen-bond donors (Lipinski definition) is 0. The number of hydrogen-bond acceptors (Lipinski definition) is 2. The first-order chi connectivity index (χ1) is 41.5. The molecule has 16 aromatic carbocycles. The molecule has 16 aromatic rings. The standard InChI is InChI=1S/C80H50F2N2/c81-73-49-65(51-17-5-1-6-18-51)47-71(53-21-9-3-10-22-53)79(73)83(69-43-61-37-33-55-25-13-26-56-34-38-62(44-69)77(61)75(55)56)67-31-15-29-59(41-67)60-30-16-32-68(42-60)84(70-45-63-39-35-57-27-14-28-58-36-40-64(46-70)78(63)76(57)58)80-72(54-23-11-4-12-24-54)48-66(50-74(80)82)52-19-7-2-8-20-52/h1-50H. The Hall–Kier alpha value is -10.9. The Morgan fingerprint density at radius 2 is 0.476 bits per heavy atom. The van der Waals surface area contributed by atoms with Crippen molar-refractivity contribution in [3.63, 3.8) is 0 Å². The van der Waals surface area contributed by atoms with Gasteiger partial charge in [0, 0.05) is 33.9 Å². The fourth-order valence-electron chi connectivity index (χ4n) is 13.1. The third kappa shape index (κ3) is 8.29. The Morgan fingerprint density at radius 3 is 0.821 bits per heavy atom. The third-order valence-electron chi connectivity index (χ3n) is 16.9. The molecule has 0 N–H and O–H groups in total. The molecule has 2 nitrogen and oxygen atoms in total. The molecule has 4 heteroatoms. The highest BCUT2D eigenvalue weighted by Crippen LogP contribution is 2.50. The zero-order valence-corrected chi connectivity index (χ0v) is 45.5. The summed E-state index contributed by atoms with van der Waals surface area (Å²) in [5.41, 5.74) is 12.6. The van der Waals surface area contributed by atoms with Gasteiger partial charge in [-0.3, -0.25) is 0 Å². The number of rotatable bonds is 11. The number of anilines is 6. The van der Waals surface area contributed by atoms with Crippen LogP contribution in [0.1, 0.15) is 0 Å². The Bertz CT molecular complexity index is 4710. The van der Waals surface area contributed by atoms with Crippen LogP contribution in [0.5, 0.6) is 0 Å². The molecule has 0 amide bonds. The van der Waals surface area contributed by atoms with Gasteiger partial charge in [0.1, 0.15) is 11.6 Å². The van der Waals surface area contributed by atoms with Crippen LogP contribution in [0, 0.1) is 11.6 Å². The topological polar surface area (TPSA) is 6.48 Å². The van der Waals surface area contributed by atoms with Crippen molar-refractivity contribution in [1.82, 2.24) is 0 Å². The second kappa shape index (κ2) is 19.9. The summed E-state index contributed by atoms with van der Waals surface area (Å²) >= 11 is 0. The van der Waals surface area contributed by atoms with Gasteiger partial charge < -0.3 is 9.80 Å². The summed E-state index contributed by atoms with van der Waals surface area (Å²) in [5, 5.41) is 13.8. The molecule has 0 aliphatic carbocycles. The first-order valence-corrected chi connectivity index (χ1v) is 28.5. The minimum absolute atomic E-state index is 0.355. The normalized spacial score (nSPS) is 11.7. The molecular weight excluding hydrogens is 1030 g/mol. The van der Waals surface area contributed by atoms with E-state index in [-0.39, 0.29) is 11.6 Å². The van der Waals surface area contributed by atoms with Crippen LogP contribution < -0.4 is 9.80 Å². The van der Waals surface area contributed by atoms with Crippen molar-refractivity contribution in [3.8, 4) is 55.6 Å². The Kier molecular flexibility index (Phi) is 11.6. The Balaban J connectivity index is 0.914. The zero-order chi connectivity index (χ0) is 55.8. The smallest absolute Gasteiger partial charge is 0.148 e. The summed E-state index contributed by atoms with van der Waals surface area (Å²) in [6.07, 6.45) is 0. The van der Waals surface area contributed by atoms with Crippen molar-refractivity contribution in [2.45, 2.75) is 0 Å². The average Bonchev–Trinajstić information content (AvgIpc) is 2.40. The lowest BCUT2D eigenvalue weighted by atomic mass is 9.92. The van der Waals surface area contributed by atoms with Crippen molar-refractivity contribution in [1.29, 1.82) is 0 Å². The third-order valence-corrected chi connectivity index (χ3v) is 16.9. The molecule has 0 fully saturated rings. The van der Waals surface area contributed by atoms with E-state index in [0.29, 0.717) is 11.4 Å². The summed E-state index contributed by atoms with van der Waals surface area (Å²) in [7, 11) is 0. The van der Waals surface area contributed by atoms with E-state index in [0.717, 1.165) is 99.9 Å². The molecule has 0 unspecified atom stereocenters. The molecule has 0 saturated heterocycles. The predicted octanol–water partition coefficient (Wildman–Crippen LogP) is 23.0. The maximum atomic E-state index is 18.1. The molecule has 394 valence electrons. The van der Waals surface area contributed by atoms with Gasteiger partial charge in [-0.05, 0) is 182 Å². The maximum absolute atomic E-state index is 18.1. The maximum Gasteiger partial charge on any atom is 0.148 e. The van der Waals surface area contributed by atoms with Gasteiger partial charge in [-0.15, -0.1) is 0 Å². The van der Waals surface area contributed by atoms with Gasteiger partial charge in [0.25, 0.3) is 0 Å². The van der Waals surface area contributed by atoms with Gasteiger partial charge >= 0.3 is 0 Å². The van der Waals surface area contributed by atoms with Crippen LogP contribution in [0.3, 0.4) is 0 Å². The molecule has 0 aliphatic rings. The van der Waals surface area contributed by atoms with Crippen molar-refractivity contribution < 1.29 is 8.78 Å². The largest absolute Gasteiger partial charge is 0.307 e. The Morgan fingerprint density at radius 1 is 0.190 bits per heavy atom. The monoisotopic (exact) mass is 1080 g/mol. The van der Waals surface area contributed by atoms with Gasteiger partial charge in [0.05, 0.1) is 11.4 Å². The van der Waals surface area contributed by atoms with Gasteiger partial charge in [-0.1, -0.05) is 231 Å². The zero-order valence-electron chi connectivity index (χ0n) is 45.5. The summed E-state index contributed by atoms with van der Waals surface area (Å²) in [4.78, 5) is 4.19. The van der Waals surface area contributed by atoms with Crippen LogP contribution in [-0.2, 0) is 0 Å². The summed E-state index contributed by atoms with van der Waals surface area (Å²) in [6, 6.07) is 104. The quantitative estimate of drug-likeness (QED) is 0.119. The second-order valence-electron chi connectivity index (χ2n) is 21.9. The van der Waals surface area contributed by atoms with Gasteiger partial charge in [0.2, 0.25) is 0 Å². The highest BCUT2D eigenvalue weighted by molar-refractivity contribution is 6.25. The van der Waals surface area contributed by atoms with E-state index in [2.05, 4.69) is 204 Å².